The predicted octanol–water partition coefficient (Wildman–Crippen LogP) is 1.49. The number of carbonyl (C=O) groups is 1. The number of nitrogens with two attached hydrogens (primary N) is 1. The van der Waals surface area contributed by atoms with Crippen molar-refractivity contribution < 1.29 is 9.53 Å². The van der Waals surface area contributed by atoms with Crippen molar-refractivity contribution in [3.8, 4) is 0 Å². The molecular formula is C14H21N3O2. The van der Waals surface area contributed by atoms with Gasteiger partial charge in [-0.05, 0) is 38.8 Å². The molecule has 2 unspecified atom stereocenters. The van der Waals surface area contributed by atoms with Gasteiger partial charge in [-0.25, -0.2) is 9.78 Å². The van der Waals surface area contributed by atoms with Crippen LogP contribution in [0.1, 0.15) is 35.8 Å². The monoisotopic (exact) mass is 263 g/mol. The Balaban J connectivity index is 2.22. The molecular weight excluding hydrogens is 242 g/mol. The van der Waals surface area contributed by atoms with Crippen LogP contribution in [-0.4, -0.2) is 36.7 Å². The molecule has 1 aromatic heterocycles. The van der Waals surface area contributed by atoms with Crippen LogP contribution in [0.2, 0.25) is 0 Å². The van der Waals surface area contributed by atoms with Crippen molar-refractivity contribution in [2.24, 2.45) is 5.73 Å². The molecule has 0 amide bonds. The van der Waals surface area contributed by atoms with Crippen molar-refractivity contribution in [1.82, 2.24) is 4.98 Å². The molecule has 1 aromatic rings. The summed E-state index contributed by atoms with van der Waals surface area (Å²) >= 11 is 0. The molecule has 2 atom stereocenters. The van der Waals surface area contributed by atoms with E-state index in [4.69, 9.17) is 10.5 Å². The first-order valence-electron chi connectivity index (χ1n) is 6.61. The molecule has 0 bridgehead atoms. The zero-order chi connectivity index (χ0) is 14.0. The van der Waals surface area contributed by atoms with Crippen LogP contribution >= 0.6 is 0 Å². The summed E-state index contributed by atoms with van der Waals surface area (Å²) in [6.45, 7) is 4.90. The zero-order valence-electron chi connectivity index (χ0n) is 11.7. The summed E-state index contributed by atoms with van der Waals surface area (Å²) in [6.07, 6.45) is 1.95. The maximum Gasteiger partial charge on any atom is 0.339 e. The Morgan fingerprint density at radius 3 is 2.84 bits per heavy atom. The third kappa shape index (κ3) is 2.87. The summed E-state index contributed by atoms with van der Waals surface area (Å²) in [5.41, 5.74) is 7.19. The van der Waals surface area contributed by atoms with Gasteiger partial charge in [-0.1, -0.05) is 0 Å². The molecule has 2 rings (SSSR count). The van der Waals surface area contributed by atoms with E-state index >= 15 is 0 Å². The molecule has 104 valence electrons. The van der Waals surface area contributed by atoms with E-state index in [1.165, 1.54) is 7.11 Å². The Hall–Kier alpha value is -1.62. The Kier molecular flexibility index (Phi) is 4.04. The average Bonchev–Trinajstić information content (AvgIpc) is 2.37. The highest BCUT2D eigenvalue weighted by atomic mass is 16.5. The minimum atomic E-state index is -0.342. The van der Waals surface area contributed by atoms with Gasteiger partial charge in [0.2, 0.25) is 0 Å². The van der Waals surface area contributed by atoms with Crippen LogP contribution in [-0.2, 0) is 4.74 Å². The van der Waals surface area contributed by atoms with Crippen LogP contribution in [0.25, 0.3) is 0 Å². The van der Waals surface area contributed by atoms with Crippen LogP contribution in [0.15, 0.2) is 12.1 Å². The molecule has 1 aliphatic rings. The van der Waals surface area contributed by atoms with Crippen LogP contribution in [0.4, 0.5) is 5.82 Å². The Bertz CT molecular complexity index is 476. The minimum absolute atomic E-state index is 0.279. The predicted molar refractivity (Wildman–Crippen MR) is 74.3 cm³/mol. The van der Waals surface area contributed by atoms with Crippen molar-refractivity contribution in [2.75, 3.05) is 18.6 Å². The maximum absolute atomic E-state index is 11.5. The highest BCUT2D eigenvalue weighted by molar-refractivity contribution is 5.90. The number of aryl methyl sites for hydroxylation is 1. The van der Waals surface area contributed by atoms with Crippen LogP contribution < -0.4 is 10.6 Å². The number of hydrogen-bond donors (Lipinski definition) is 1. The minimum Gasteiger partial charge on any atom is -0.465 e. The van der Waals surface area contributed by atoms with Crippen molar-refractivity contribution in [3.05, 3.63) is 23.4 Å². The number of hydrogen-bond acceptors (Lipinski definition) is 5. The van der Waals surface area contributed by atoms with Crippen LogP contribution in [0.3, 0.4) is 0 Å². The number of esters is 1. The third-order valence-electron chi connectivity index (χ3n) is 3.69. The first-order chi connectivity index (χ1) is 9.02. The normalized spacial score (nSPS) is 23.3. The van der Waals surface area contributed by atoms with E-state index in [1.54, 1.807) is 6.07 Å². The van der Waals surface area contributed by atoms with E-state index < -0.39 is 0 Å². The molecule has 0 radical (unpaired) electrons. The number of anilines is 1. The fraction of sp³-hybridized carbons (Fsp3) is 0.571. The smallest absolute Gasteiger partial charge is 0.339 e. The summed E-state index contributed by atoms with van der Waals surface area (Å²) in [7, 11) is 1.38. The fourth-order valence-corrected chi connectivity index (χ4v) is 2.58. The number of rotatable bonds is 2. The lowest BCUT2D eigenvalue weighted by molar-refractivity contribution is 0.0599. The largest absolute Gasteiger partial charge is 0.465 e. The van der Waals surface area contributed by atoms with Gasteiger partial charge in [0.15, 0.2) is 0 Å². The van der Waals surface area contributed by atoms with Crippen molar-refractivity contribution >= 4 is 11.8 Å². The van der Waals surface area contributed by atoms with Crippen molar-refractivity contribution in [1.29, 1.82) is 0 Å². The van der Waals surface area contributed by atoms with E-state index in [9.17, 15) is 4.79 Å². The van der Waals surface area contributed by atoms with E-state index in [-0.39, 0.29) is 12.0 Å². The second kappa shape index (κ2) is 5.57. The van der Waals surface area contributed by atoms with Gasteiger partial charge in [0.05, 0.1) is 18.4 Å². The number of carbonyl (C=O) groups excluding carboxylic acids is 1. The standard InChI is InChI=1S/C14H21N3O2/c1-9-8-11(15)6-7-17(9)13-5-4-12(10(2)16-13)14(18)19-3/h4-5,9,11H,6-8,15H2,1-3H3. The van der Waals surface area contributed by atoms with Crippen molar-refractivity contribution in [2.45, 2.75) is 38.8 Å². The van der Waals surface area contributed by atoms with Gasteiger partial charge < -0.3 is 15.4 Å². The molecule has 5 nitrogen and oxygen atoms in total. The van der Waals surface area contributed by atoms with Crippen molar-refractivity contribution in [3.63, 3.8) is 0 Å². The molecule has 1 saturated heterocycles. The molecule has 2 N–H and O–H groups in total. The number of pyridine rings is 1. The molecule has 1 fully saturated rings. The Morgan fingerprint density at radius 2 is 2.26 bits per heavy atom. The number of piperidine rings is 1. The molecule has 19 heavy (non-hydrogen) atoms. The lowest BCUT2D eigenvalue weighted by Gasteiger charge is -2.37. The van der Waals surface area contributed by atoms with E-state index in [1.807, 2.05) is 13.0 Å². The quantitative estimate of drug-likeness (QED) is 0.819. The molecule has 0 aliphatic carbocycles. The molecule has 2 heterocycles. The molecule has 0 aromatic carbocycles. The van der Waals surface area contributed by atoms with E-state index in [0.717, 1.165) is 25.2 Å². The average molecular weight is 263 g/mol. The van der Waals surface area contributed by atoms with E-state index in [0.29, 0.717) is 17.3 Å². The number of aromatic nitrogens is 1. The fourth-order valence-electron chi connectivity index (χ4n) is 2.58. The van der Waals surface area contributed by atoms with E-state index in [2.05, 4.69) is 16.8 Å². The molecule has 0 spiro atoms. The van der Waals surface area contributed by atoms with Gasteiger partial charge in [-0.15, -0.1) is 0 Å². The second-order valence-electron chi connectivity index (χ2n) is 5.12. The van der Waals surface area contributed by atoms with Gasteiger partial charge in [0.1, 0.15) is 5.82 Å². The first kappa shape index (κ1) is 13.8. The topological polar surface area (TPSA) is 68.5 Å². The molecule has 0 saturated carbocycles. The summed E-state index contributed by atoms with van der Waals surface area (Å²) < 4.78 is 4.73. The first-order valence-corrected chi connectivity index (χ1v) is 6.61. The van der Waals surface area contributed by atoms with Gasteiger partial charge in [0, 0.05) is 18.6 Å². The highest BCUT2D eigenvalue weighted by Crippen LogP contribution is 2.23. The summed E-state index contributed by atoms with van der Waals surface area (Å²) in [5.74, 6) is 0.565. The van der Waals surface area contributed by atoms with Gasteiger partial charge in [0.25, 0.3) is 0 Å². The van der Waals surface area contributed by atoms with Gasteiger partial charge in [-0.3, -0.25) is 0 Å². The van der Waals surface area contributed by atoms with Crippen LogP contribution in [0, 0.1) is 6.92 Å². The Morgan fingerprint density at radius 1 is 1.53 bits per heavy atom. The zero-order valence-corrected chi connectivity index (χ0v) is 11.7. The van der Waals surface area contributed by atoms with Crippen LogP contribution in [0.5, 0.6) is 0 Å². The van der Waals surface area contributed by atoms with Gasteiger partial charge >= 0.3 is 5.97 Å². The lowest BCUT2D eigenvalue weighted by atomic mass is 9.99. The maximum atomic E-state index is 11.5. The lowest BCUT2D eigenvalue weighted by Crippen LogP contribution is -2.46. The summed E-state index contributed by atoms with van der Waals surface area (Å²) in [6, 6.07) is 4.32. The number of ether oxygens (including phenoxy) is 1. The summed E-state index contributed by atoms with van der Waals surface area (Å²) in [4.78, 5) is 18.3. The van der Waals surface area contributed by atoms with Gasteiger partial charge in [-0.2, -0.15) is 0 Å². The Labute approximate surface area is 113 Å². The number of nitrogens with zero attached hydrogens (tertiary/aromatic N) is 2. The number of methoxy groups -OCH3 is 1. The SMILES string of the molecule is COC(=O)c1ccc(N2CCC(N)CC2C)nc1C. The summed E-state index contributed by atoms with van der Waals surface area (Å²) in [5, 5.41) is 0. The highest BCUT2D eigenvalue weighted by Gasteiger charge is 2.24. The second-order valence-corrected chi connectivity index (χ2v) is 5.12. The third-order valence-corrected chi connectivity index (χ3v) is 3.69. The molecule has 1 aliphatic heterocycles. The molecule has 5 heteroatoms.